The van der Waals surface area contributed by atoms with Gasteiger partial charge in [0.1, 0.15) is 0 Å². The molecule has 0 heterocycles. The van der Waals surface area contributed by atoms with Crippen molar-refractivity contribution in [1.82, 2.24) is 0 Å². The number of hydrogen-bond acceptors (Lipinski definition) is 5. The smallest absolute Gasteiger partial charge is 1.00 e. The van der Waals surface area contributed by atoms with Crippen molar-refractivity contribution in [3.63, 3.8) is 0 Å². The van der Waals surface area contributed by atoms with Gasteiger partial charge in [0.05, 0.1) is 52.9 Å². The second-order valence-corrected chi connectivity index (χ2v) is 2.28. The first-order chi connectivity index (χ1) is 6.41. The Hall–Kier alpha value is 0.800. The van der Waals surface area contributed by atoms with Gasteiger partial charge in [-0.3, -0.25) is 0 Å². The summed E-state index contributed by atoms with van der Waals surface area (Å²) < 4.78 is 15.0. The Kier molecular flexibility index (Phi) is 20.0. The van der Waals surface area contributed by atoms with Crippen LogP contribution >= 0.6 is 0 Å². The molecule has 82 valence electrons. The van der Waals surface area contributed by atoms with Crippen molar-refractivity contribution in [3.8, 4) is 0 Å². The van der Waals surface area contributed by atoms with Crippen molar-refractivity contribution < 1.29 is 55.4 Å². The van der Waals surface area contributed by atoms with Crippen LogP contribution in [-0.4, -0.2) is 63.1 Å². The molecule has 0 unspecified atom stereocenters. The van der Waals surface area contributed by atoms with Crippen LogP contribution in [-0.2, 0) is 14.2 Å². The molecular formula is C8H19NaO5. The first kappa shape index (κ1) is 17.2. The summed E-state index contributed by atoms with van der Waals surface area (Å²) >= 11 is 0. The minimum absolute atomic E-state index is 0. The average Bonchev–Trinajstić information content (AvgIpc) is 2.16. The molecule has 0 aliphatic carbocycles. The van der Waals surface area contributed by atoms with Gasteiger partial charge in [0.25, 0.3) is 0 Å². The molecule has 0 aromatic heterocycles. The van der Waals surface area contributed by atoms with Crippen molar-refractivity contribution in [2.45, 2.75) is 0 Å². The monoisotopic (exact) mass is 218 g/mol. The van der Waals surface area contributed by atoms with Gasteiger partial charge in [-0.1, -0.05) is 0 Å². The molecule has 0 aliphatic rings. The zero-order valence-corrected chi connectivity index (χ0v) is 10.8. The fourth-order valence-electron chi connectivity index (χ4n) is 0.671. The van der Waals surface area contributed by atoms with E-state index in [1.807, 2.05) is 0 Å². The molecule has 2 N–H and O–H groups in total. The molecule has 0 aromatic rings. The van der Waals surface area contributed by atoms with Crippen LogP contribution in [0.25, 0.3) is 0 Å². The quantitative estimate of drug-likeness (QED) is 0.290. The third-order valence-corrected chi connectivity index (χ3v) is 1.22. The molecule has 0 aliphatic heterocycles. The van der Waals surface area contributed by atoms with Crippen molar-refractivity contribution in [2.24, 2.45) is 0 Å². The van der Waals surface area contributed by atoms with Crippen LogP contribution in [0.15, 0.2) is 0 Å². The Morgan fingerprint density at radius 2 is 0.929 bits per heavy atom. The maximum Gasteiger partial charge on any atom is 1.00 e. The van der Waals surface area contributed by atoms with E-state index in [-0.39, 0.29) is 44.2 Å². The average molecular weight is 218 g/mol. The molecule has 0 fully saturated rings. The number of rotatable bonds is 10. The Morgan fingerprint density at radius 3 is 1.21 bits per heavy atom. The van der Waals surface area contributed by atoms with Crippen LogP contribution in [0.3, 0.4) is 0 Å². The summed E-state index contributed by atoms with van der Waals surface area (Å²) in [6, 6.07) is 0. The minimum Gasteiger partial charge on any atom is -1.00 e. The van der Waals surface area contributed by atoms with E-state index in [1.54, 1.807) is 0 Å². The standard InChI is InChI=1S/C8H18O5.Na.H/c9-1-3-11-5-7-13-8-6-12-4-2-10;;/h9-10H,1-8H2;;/q;+1;-1. The molecule has 0 aromatic carbocycles. The Morgan fingerprint density at radius 1 is 0.643 bits per heavy atom. The third kappa shape index (κ3) is 15.3. The van der Waals surface area contributed by atoms with Gasteiger partial charge in [-0.15, -0.1) is 0 Å². The van der Waals surface area contributed by atoms with E-state index in [4.69, 9.17) is 24.4 Å². The molecule has 0 spiro atoms. The second kappa shape index (κ2) is 16.2. The zero-order valence-electron chi connectivity index (χ0n) is 9.78. The van der Waals surface area contributed by atoms with Gasteiger partial charge in [-0.05, 0) is 0 Å². The summed E-state index contributed by atoms with van der Waals surface area (Å²) in [4.78, 5) is 0. The predicted octanol–water partition coefficient (Wildman–Crippen LogP) is -3.86. The van der Waals surface area contributed by atoms with Crippen LogP contribution in [0, 0.1) is 0 Å². The van der Waals surface area contributed by atoms with Crippen molar-refractivity contribution in [1.29, 1.82) is 0 Å². The largest absolute Gasteiger partial charge is 1.00 e. The molecule has 6 heteroatoms. The summed E-state index contributed by atoms with van der Waals surface area (Å²) in [6.45, 7) is 2.76. The number of aliphatic hydroxyl groups is 2. The van der Waals surface area contributed by atoms with Crippen LogP contribution in [0.2, 0.25) is 0 Å². The first-order valence-corrected chi connectivity index (χ1v) is 4.36. The van der Waals surface area contributed by atoms with E-state index in [9.17, 15) is 0 Å². The molecule has 0 radical (unpaired) electrons. The van der Waals surface area contributed by atoms with E-state index in [0.717, 1.165) is 0 Å². The van der Waals surface area contributed by atoms with Gasteiger partial charge in [0.2, 0.25) is 0 Å². The molecule has 5 nitrogen and oxygen atoms in total. The predicted molar refractivity (Wildman–Crippen MR) is 47.7 cm³/mol. The summed E-state index contributed by atoms with van der Waals surface area (Å²) in [5, 5.41) is 16.7. The molecule has 0 saturated heterocycles. The fourth-order valence-corrected chi connectivity index (χ4v) is 0.671. The second-order valence-electron chi connectivity index (χ2n) is 2.28. The molecule has 0 saturated carbocycles. The Labute approximate surface area is 108 Å². The van der Waals surface area contributed by atoms with Gasteiger partial charge >= 0.3 is 29.6 Å². The Bertz CT molecular complexity index is 89.1. The zero-order chi connectivity index (χ0) is 9.78. The minimum atomic E-state index is 0. The van der Waals surface area contributed by atoms with Gasteiger partial charge in [-0.25, -0.2) is 0 Å². The molecular weight excluding hydrogens is 199 g/mol. The van der Waals surface area contributed by atoms with Crippen molar-refractivity contribution in [2.75, 3.05) is 52.9 Å². The van der Waals surface area contributed by atoms with E-state index < -0.39 is 0 Å². The normalized spacial score (nSPS) is 9.86. The van der Waals surface area contributed by atoms with Gasteiger partial charge in [0.15, 0.2) is 0 Å². The summed E-state index contributed by atoms with van der Waals surface area (Å²) in [7, 11) is 0. The van der Waals surface area contributed by atoms with Crippen molar-refractivity contribution >= 4 is 0 Å². The molecule has 0 rings (SSSR count). The molecule has 0 atom stereocenters. The topological polar surface area (TPSA) is 68.2 Å². The van der Waals surface area contributed by atoms with E-state index in [1.165, 1.54) is 0 Å². The van der Waals surface area contributed by atoms with E-state index in [2.05, 4.69) is 0 Å². The number of hydrogen-bond donors (Lipinski definition) is 2. The summed E-state index contributed by atoms with van der Waals surface area (Å²) in [6.07, 6.45) is 0. The van der Waals surface area contributed by atoms with Crippen LogP contribution in [0.4, 0.5) is 0 Å². The first-order valence-electron chi connectivity index (χ1n) is 4.36. The van der Waals surface area contributed by atoms with Gasteiger partial charge in [0, 0.05) is 0 Å². The van der Waals surface area contributed by atoms with E-state index >= 15 is 0 Å². The molecule has 0 amide bonds. The van der Waals surface area contributed by atoms with Crippen LogP contribution in [0.1, 0.15) is 1.43 Å². The number of aliphatic hydroxyl groups excluding tert-OH is 2. The maximum atomic E-state index is 8.36. The van der Waals surface area contributed by atoms with E-state index in [0.29, 0.717) is 39.6 Å². The summed E-state index contributed by atoms with van der Waals surface area (Å²) in [5.74, 6) is 0. The van der Waals surface area contributed by atoms with Crippen LogP contribution < -0.4 is 29.6 Å². The van der Waals surface area contributed by atoms with Gasteiger partial charge in [-0.2, -0.15) is 0 Å². The molecule has 14 heavy (non-hydrogen) atoms. The van der Waals surface area contributed by atoms with Crippen molar-refractivity contribution in [3.05, 3.63) is 0 Å². The fraction of sp³-hybridized carbons (Fsp3) is 1.00. The summed E-state index contributed by atoms with van der Waals surface area (Å²) in [5.41, 5.74) is 0. The van der Waals surface area contributed by atoms with Crippen LogP contribution in [0.5, 0.6) is 0 Å². The molecule has 0 bridgehead atoms. The Balaban J connectivity index is -0.000000720. The number of ether oxygens (including phenoxy) is 3. The SMILES string of the molecule is OCCOCCOCCOCCO.[H-].[Na+]. The third-order valence-electron chi connectivity index (χ3n) is 1.22. The maximum absolute atomic E-state index is 8.36. The van der Waals surface area contributed by atoms with Gasteiger partial charge < -0.3 is 25.9 Å².